The highest BCUT2D eigenvalue weighted by Crippen LogP contribution is 2.02. The van der Waals surface area contributed by atoms with Crippen LogP contribution in [-0.4, -0.2) is 5.16 Å². The lowest BCUT2D eigenvalue weighted by Gasteiger charge is -2.01. The SMILES string of the molecule is Cc1cc(CNCc2ccccc2)on1.Cl. The molecule has 1 N–H and O–H groups in total. The van der Waals surface area contributed by atoms with Crippen LogP contribution in [0, 0.1) is 6.92 Å². The molecule has 1 heterocycles. The summed E-state index contributed by atoms with van der Waals surface area (Å²) < 4.78 is 5.09. The van der Waals surface area contributed by atoms with Crippen molar-refractivity contribution in [2.75, 3.05) is 0 Å². The topological polar surface area (TPSA) is 38.1 Å². The maximum Gasteiger partial charge on any atom is 0.150 e. The average molecular weight is 239 g/mol. The molecule has 16 heavy (non-hydrogen) atoms. The van der Waals surface area contributed by atoms with Crippen LogP contribution >= 0.6 is 12.4 Å². The monoisotopic (exact) mass is 238 g/mol. The molecule has 0 saturated heterocycles. The van der Waals surface area contributed by atoms with E-state index in [0.717, 1.165) is 24.5 Å². The highest BCUT2D eigenvalue weighted by atomic mass is 35.5. The molecule has 0 atom stereocenters. The minimum Gasteiger partial charge on any atom is -0.360 e. The van der Waals surface area contributed by atoms with Crippen LogP contribution < -0.4 is 5.32 Å². The van der Waals surface area contributed by atoms with Crippen molar-refractivity contribution in [3.8, 4) is 0 Å². The van der Waals surface area contributed by atoms with Gasteiger partial charge in [0, 0.05) is 12.6 Å². The van der Waals surface area contributed by atoms with Gasteiger partial charge in [-0.05, 0) is 12.5 Å². The number of aromatic nitrogens is 1. The van der Waals surface area contributed by atoms with Gasteiger partial charge in [-0.15, -0.1) is 12.4 Å². The molecule has 0 spiro atoms. The van der Waals surface area contributed by atoms with E-state index in [1.807, 2.05) is 31.2 Å². The summed E-state index contributed by atoms with van der Waals surface area (Å²) in [5.74, 6) is 0.878. The molecule has 0 fully saturated rings. The molecule has 2 rings (SSSR count). The molecule has 0 aliphatic rings. The number of nitrogens with zero attached hydrogens (tertiary/aromatic N) is 1. The summed E-state index contributed by atoms with van der Waals surface area (Å²) in [6, 6.07) is 12.2. The van der Waals surface area contributed by atoms with Gasteiger partial charge in [0.1, 0.15) is 0 Å². The normalized spacial score (nSPS) is 9.81. The second-order valence-corrected chi connectivity index (χ2v) is 3.52. The summed E-state index contributed by atoms with van der Waals surface area (Å²) in [5, 5.41) is 7.12. The third-order valence-corrected chi connectivity index (χ3v) is 2.15. The van der Waals surface area contributed by atoms with Crippen molar-refractivity contribution < 1.29 is 4.52 Å². The summed E-state index contributed by atoms with van der Waals surface area (Å²) in [4.78, 5) is 0. The zero-order valence-corrected chi connectivity index (χ0v) is 9.96. The number of halogens is 1. The fourth-order valence-electron chi connectivity index (χ4n) is 1.43. The van der Waals surface area contributed by atoms with Gasteiger partial charge in [-0.3, -0.25) is 0 Å². The van der Waals surface area contributed by atoms with Gasteiger partial charge in [0.25, 0.3) is 0 Å². The summed E-state index contributed by atoms with van der Waals surface area (Å²) in [6.45, 7) is 3.49. The summed E-state index contributed by atoms with van der Waals surface area (Å²) >= 11 is 0. The van der Waals surface area contributed by atoms with Crippen LogP contribution in [0.4, 0.5) is 0 Å². The smallest absolute Gasteiger partial charge is 0.150 e. The molecule has 0 amide bonds. The molecule has 2 aromatic rings. The molecule has 86 valence electrons. The zero-order chi connectivity index (χ0) is 10.5. The van der Waals surface area contributed by atoms with Crippen LogP contribution in [0.2, 0.25) is 0 Å². The first-order chi connectivity index (χ1) is 7.34. The Balaban J connectivity index is 0.00000128. The second-order valence-electron chi connectivity index (χ2n) is 3.52. The van der Waals surface area contributed by atoms with Gasteiger partial charge in [-0.25, -0.2) is 0 Å². The number of hydrogen-bond acceptors (Lipinski definition) is 3. The van der Waals surface area contributed by atoms with Gasteiger partial charge >= 0.3 is 0 Å². The first kappa shape index (κ1) is 12.7. The Kier molecular flexibility index (Phi) is 5.02. The Labute approximate surface area is 101 Å². The summed E-state index contributed by atoms with van der Waals surface area (Å²) in [6.07, 6.45) is 0. The predicted molar refractivity (Wildman–Crippen MR) is 65.5 cm³/mol. The van der Waals surface area contributed by atoms with Crippen molar-refractivity contribution >= 4 is 12.4 Å². The van der Waals surface area contributed by atoms with E-state index in [9.17, 15) is 0 Å². The molecule has 4 heteroatoms. The maximum atomic E-state index is 5.09. The van der Waals surface area contributed by atoms with Crippen LogP contribution in [-0.2, 0) is 13.1 Å². The van der Waals surface area contributed by atoms with E-state index in [4.69, 9.17) is 4.52 Å². The molecular weight excluding hydrogens is 224 g/mol. The van der Waals surface area contributed by atoms with Crippen LogP contribution in [0.25, 0.3) is 0 Å². The van der Waals surface area contributed by atoms with Crippen molar-refractivity contribution in [2.24, 2.45) is 0 Å². The van der Waals surface area contributed by atoms with Crippen LogP contribution in [0.3, 0.4) is 0 Å². The molecule has 0 radical (unpaired) electrons. The molecule has 0 aliphatic carbocycles. The third-order valence-electron chi connectivity index (χ3n) is 2.15. The molecule has 0 unspecified atom stereocenters. The molecular formula is C12H15ClN2O. The molecule has 0 aliphatic heterocycles. The molecule has 0 bridgehead atoms. The highest BCUT2D eigenvalue weighted by molar-refractivity contribution is 5.85. The molecule has 1 aromatic carbocycles. The minimum atomic E-state index is 0. The van der Waals surface area contributed by atoms with E-state index in [1.54, 1.807) is 0 Å². The van der Waals surface area contributed by atoms with E-state index in [0.29, 0.717) is 0 Å². The number of benzene rings is 1. The minimum absolute atomic E-state index is 0. The Morgan fingerprint density at radius 3 is 2.56 bits per heavy atom. The average Bonchev–Trinajstić information content (AvgIpc) is 2.66. The van der Waals surface area contributed by atoms with E-state index >= 15 is 0 Å². The summed E-state index contributed by atoms with van der Waals surface area (Å²) in [5.41, 5.74) is 2.19. The molecule has 1 aromatic heterocycles. The second kappa shape index (κ2) is 6.30. The zero-order valence-electron chi connectivity index (χ0n) is 9.14. The van der Waals surface area contributed by atoms with E-state index < -0.39 is 0 Å². The summed E-state index contributed by atoms with van der Waals surface area (Å²) in [7, 11) is 0. The van der Waals surface area contributed by atoms with Gasteiger partial charge in [0.2, 0.25) is 0 Å². The molecule has 3 nitrogen and oxygen atoms in total. The Morgan fingerprint density at radius 2 is 1.94 bits per heavy atom. The Morgan fingerprint density at radius 1 is 1.19 bits per heavy atom. The molecule has 0 saturated carbocycles. The van der Waals surface area contributed by atoms with Crippen molar-refractivity contribution in [2.45, 2.75) is 20.0 Å². The van der Waals surface area contributed by atoms with Crippen molar-refractivity contribution in [1.82, 2.24) is 10.5 Å². The fourth-order valence-corrected chi connectivity index (χ4v) is 1.43. The number of rotatable bonds is 4. The first-order valence-electron chi connectivity index (χ1n) is 5.01. The van der Waals surface area contributed by atoms with Crippen molar-refractivity contribution in [3.05, 3.63) is 53.4 Å². The Bertz CT molecular complexity index is 414. The maximum absolute atomic E-state index is 5.09. The Hall–Kier alpha value is -1.32. The lowest BCUT2D eigenvalue weighted by molar-refractivity contribution is 0.369. The first-order valence-corrected chi connectivity index (χ1v) is 5.01. The lowest BCUT2D eigenvalue weighted by Crippen LogP contribution is -2.11. The van der Waals surface area contributed by atoms with Crippen LogP contribution in [0.5, 0.6) is 0 Å². The van der Waals surface area contributed by atoms with E-state index in [-0.39, 0.29) is 12.4 Å². The van der Waals surface area contributed by atoms with Crippen molar-refractivity contribution in [3.63, 3.8) is 0 Å². The van der Waals surface area contributed by atoms with Gasteiger partial charge in [0.15, 0.2) is 5.76 Å². The van der Waals surface area contributed by atoms with E-state index in [2.05, 4.69) is 22.6 Å². The fraction of sp³-hybridized carbons (Fsp3) is 0.250. The van der Waals surface area contributed by atoms with Crippen molar-refractivity contribution in [1.29, 1.82) is 0 Å². The third kappa shape index (κ3) is 3.68. The lowest BCUT2D eigenvalue weighted by atomic mass is 10.2. The van der Waals surface area contributed by atoms with Crippen LogP contribution in [0.1, 0.15) is 17.0 Å². The van der Waals surface area contributed by atoms with Gasteiger partial charge < -0.3 is 9.84 Å². The quantitative estimate of drug-likeness (QED) is 0.890. The van der Waals surface area contributed by atoms with Gasteiger partial charge in [0.05, 0.1) is 12.2 Å². The van der Waals surface area contributed by atoms with Crippen LogP contribution in [0.15, 0.2) is 40.9 Å². The number of nitrogens with one attached hydrogen (secondary N) is 1. The largest absolute Gasteiger partial charge is 0.360 e. The number of aryl methyl sites for hydroxylation is 1. The van der Waals surface area contributed by atoms with Gasteiger partial charge in [-0.1, -0.05) is 35.5 Å². The number of hydrogen-bond donors (Lipinski definition) is 1. The van der Waals surface area contributed by atoms with E-state index in [1.165, 1.54) is 5.56 Å². The standard InChI is InChI=1S/C12H14N2O.ClH/c1-10-7-12(15-14-10)9-13-8-11-5-3-2-4-6-11;/h2-7,13H,8-9H2,1H3;1H. The predicted octanol–water partition coefficient (Wildman–Crippen LogP) is 2.69. The highest BCUT2D eigenvalue weighted by Gasteiger charge is 1.99. The van der Waals surface area contributed by atoms with Gasteiger partial charge in [-0.2, -0.15) is 0 Å².